The van der Waals surface area contributed by atoms with E-state index in [1.807, 2.05) is 59.4 Å². The summed E-state index contributed by atoms with van der Waals surface area (Å²) in [7, 11) is 0. The van der Waals surface area contributed by atoms with Crippen LogP contribution in [-0.2, 0) is 4.79 Å². The molecule has 0 aliphatic carbocycles. The summed E-state index contributed by atoms with van der Waals surface area (Å²) in [6.07, 6.45) is 8.33. The van der Waals surface area contributed by atoms with E-state index in [4.69, 9.17) is 22.1 Å². The fraction of sp³-hybridized carbons (Fsp3) is 0.367. The van der Waals surface area contributed by atoms with Gasteiger partial charge in [-0.15, -0.1) is 0 Å². The Bertz CT molecular complexity index is 1280. The van der Waals surface area contributed by atoms with Crippen LogP contribution in [0, 0.1) is 12.8 Å². The van der Waals surface area contributed by atoms with E-state index in [1.54, 1.807) is 4.90 Å². The number of ether oxygens (including phenoxy) is 1. The number of carbonyl (C=O) groups is 1. The molecule has 0 spiro atoms. The zero-order valence-electron chi connectivity index (χ0n) is 22.1. The van der Waals surface area contributed by atoms with Gasteiger partial charge in [0.25, 0.3) is 5.91 Å². The first-order valence-electron chi connectivity index (χ1n) is 13.0. The van der Waals surface area contributed by atoms with Crippen LogP contribution in [0.25, 0.3) is 23.0 Å². The number of aromatic nitrogens is 2. The third-order valence-corrected chi connectivity index (χ3v) is 7.65. The lowest BCUT2D eigenvalue weighted by atomic mass is 10.0. The number of thiocarbonyl (C=S) groups is 1. The molecule has 37 heavy (non-hydrogen) atoms. The Hall–Kier alpha value is -2.90. The second-order valence-electron chi connectivity index (χ2n) is 9.74. The maximum absolute atomic E-state index is 13.3. The molecule has 0 radical (unpaired) electrons. The molecule has 0 bridgehead atoms. The van der Waals surface area contributed by atoms with Crippen molar-refractivity contribution in [2.75, 3.05) is 13.2 Å². The van der Waals surface area contributed by atoms with E-state index in [1.165, 1.54) is 18.2 Å². The zero-order chi connectivity index (χ0) is 26.4. The highest BCUT2D eigenvalue weighted by atomic mass is 32.2. The van der Waals surface area contributed by atoms with Gasteiger partial charge in [-0.3, -0.25) is 9.69 Å². The van der Waals surface area contributed by atoms with E-state index in [0.717, 1.165) is 53.1 Å². The number of hydrogen-bond acceptors (Lipinski definition) is 5. The van der Waals surface area contributed by atoms with E-state index >= 15 is 0 Å². The van der Waals surface area contributed by atoms with Crippen LogP contribution in [0.1, 0.15) is 57.6 Å². The Morgan fingerprint density at radius 3 is 2.59 bits per heavy atom. The molecule has 194 valence electrons. The Morgan fingerprint density at radius 2 is 1.86 bits per heavy atom. The summed E-state index contributed by atoms with van der Waals surface area (Å²) in [6.45, 7) is 9.84. The Morgan fingerprint density at radius 1 is 1.08 bits per heavy atom. The highest BCUT2D eigenvalue weighted by Crippen LogP contribution is 2.37. The number of para-hydroxylation sites is 1. The van der Waals surface area contributed by atoms with Crippen molar-refractivity contribution < 1.29 is 9.53 Å². The van der Waals surface area contributed by atoms with Crippen molar-refractivity contribution in [1.29, 1.82) is 0 Å². The van der Waals surface area contributed by atoms with Gasteiger partial charge in [-0.1, -0.05) is 94.3 Å². The van der Waals surface area contributed by atoms with Crippen molar-refractivity contribution in [3.05, 3.63) is 70.8 Å². The molecule has 0 saturated carbocycles. The number of nitrogens with zero attached hydrogens (tertiary/aromatic N) is 3. The summed E-state index contributed by atoms with van der Waals surface area (Å²) in [4.78, 5) is 15.7. The maximum atomic E-state index is 13.3. The fourth-order valence-electron chi connectivity index (χ4n) is 4.23. The lowest BCUT2D eigenvalue weighted by molar-refractivity contribution is -0.122. The standard InChI is InChI=1S/C30H35N3O2S2/c1-5-6-7-11-17-32-29(34)27(37-30(32)36)18-23-19-33(24-13-9-8-10-14-24)31-28(23)25-15-12-16-26(22(25)4)35-20-21(2)3/h8-10,12-16,18-19,21H,5-7,11,17,20H2,1-4H3. The summed E-state index contributed by atoms with van der Waals surface area (Å²) in [5, 5.41) is 4.97. The molecule has 0 atom stereocenters. The molecule has 3 aromatic rings. The maximum Gasteiger partial charge on any atom is 0.266 e. The molecule has 1 aliphatic rings. The average molecular weight is 534 g/mol. The summed E-state index contributed by atoms with van der Waals surface area (Å²) in [5.41, 5.74) is 4.65. The lowest BCUT2D eigenvalue weighted by Gasteiger charge is -2.14. The number of carbonyl (C=O) groups excluding carboxylic acids is 1. The van der Waals surface area contributed by atoms with Gasteiger partial charge in [0.15, 0.2) is 0 Å². The van der Waals surface area contributed by atoms with E-state index in [2.05, 4.69) is 33.8 Å². The Kier molecular flexibility index (Phi) is 9.22. The molecule has 2 heterocycles. The number of amides is 1. The third kappa shape index (κ3) is 6.51. The van der Waals surface area contributed by atoms with Gasteiger partial charge >= 0.3 is 0 Å². The monoisotopic (exact) mass is 533 g/mol. The molecule has 1 aliphatic heterocycles. The quantitative estimate of drug-likeness (QED) is 0.144. The van der Waals surface area contributed by atoms with E-state index < -0.39 is 0 Å². The van der Waals surface area contributed by atoms with Crippen molar-refractivity contribution in [3.63, 3.8) is 0 Å². The van der Waals surface area contributed by atoms with Crippen molar-refractivity contribution in [1.82, 2.24) is 14.7 Å². The van der Waals surface area contributed by atoms with Gasteiger partial charge in [0.05, 0.1) is 17.2 Å². The molecule has 1 amide bonds. The summed E-state index contributed by atoms with van der Waals surface area (Å²) < 4.78 is 8.59. The van der Waals surface area contributed by atoms with E-state index in [-0.39, 0.29) is 5.91 Å². The fourth-order valence-corrected chi connectivity index (χ4v) is 5.53. The Labute approximate surface area is 229 Å². The van der Waals surface area contributed by atoms with Crippen LogP contribution in [-0.4, -0.2) is 38.1 Å². The molecule has 1 aromatic heterocycles. The smallest absolute Gasteiger partial charge is 0.266 e. The minimum atomic E-state index is -0.0179. The van der Waals surface area contributed by atoms with Crippen LogP contribution in [0.3, 0.4) is 0 Å². The first-order chi connectivity index (χ1) is 17.9. The zero-order valence-corrected chi connectivity index (χ0v) is 23.7. The molecule has 0 N–H and O–H groups in total. The minimum absolute atomic E-state index is 0.0179. The largest absolute Gasteiger partial charge is 0.493 e. The van der Waals surface area contributed by atoms with Crippen LogP contribution < -0.4 is 4.74 Å². The molecule has 7 heteroatoms. The van der Waals surface area contributed by atoms with Crippen molar-refractivity contribution in [2.45, 2.75) is 53.4 Å². The topological polar surface area (TPSA) is 47.4 Å². The van der Waals surface area contributed by atoms with E-state index in [0.29, 0.717) is 28.3 Å². The number of hydrogen-bond donors (Lipinski definition) is 0. The average Bonchev–Trinajstić information content (AvgIpc) is 3.42. The van der Waals surface area contributed by atoms with Crippen molar-refractivity contribution >= 4 is 40.3 Å². The minimum Gasteiger partial charge on any atom is -0.493 e. The highest BCUT2D eigenvalue weighted by Gasteiger charge is 2.32. The van der Waals surface area contributed by atoms with Crippen LogP contribution in [0.15, 0.2) is 59.6 Å². The van der Waals surface area contributed by atoms with Gasteiger partial charge in [0.2, 0.25) is 0 Å². The van der Waals surface area contributed by atoms with Gasteiger partial charge in [-0.05, 0) is 43.5 Å². The predicted octanol–water partition coefficient (Wildman–Crippen LogP) is 7.66. The summed E-state index contributed by atoms with van der Waals surface area (Å²) in [6, 6.07) is 16.1. The predicted molar refractivity (Wildman–Crippen MR) is 158 cm³/mol. The number of thioether (sulfide) groups is 1. The molecule has 2 aromatic carbocycles. The van der Waals surface area contributed by atoms with Crippen LogP contribution >= 0.6 is 24.0 Å². The normalized spacial score (nSPS) is 14.8. The van der Waals surface area contributed by atoms with Crippen LogP contribution in [0.2, 0.25) is 0 Å². The number of rotatable bonds is 11. The summed E-state index contributed by atoms with van der Waals surface area (Å²) >= 11 is 6.95. The number of benzene rings is 2. The molecule has 0 unspecified atom stereocenters. The van der Waals surface area contributed by atoms with Gasteiger partial charge < -0.3 is 4.74 Å². The molecule has 4 rings (SSSR count). The first-order valence-corrected chi connectivity index (χ1v) is 14.2. The first kappa shape index (κ1) is 27.1. The molecule has 1 fully saturated rings. The van der Waals surface area contributed by atoms with Gasteiger partial charge in [-0.2, -0.15) is 5.10 Å². The third-order valence-electron chi connectivity index (χ3n) is 6.27. The molecular formula is C30H35N3O2S2. The summed E-state index contributed by atoms with van der Waals surface area (Å²) in [5.74, 6) is 1.26. The second-order valence-corrected chi connectivity index (χ2v) is 11.4. The van der Waals surface area contributed by atoms with Crippen molar-refractivity contribution in [2.24, 2.45) is 5.92 Å². The van der Waals surface area contributed by atoms with Crippen LogP contribution in [0.4, 0.5) is 0 Å². The van der Waals surface area contributed by atoms with Crippen molar-refractivity contribution in [3.8, 4) is 22.7 Å². The van der Waals surface area contributed by atoms with E-state index in [9.17, 15) is 4.79 Å². The second kappa shape index (κ2) is 12.6. The van der Waals surface area contributed by atoms with Gasteiger partial charge in [0.1, 0.15) is 15.8 Å². The SMILES string of the molecule is CCCCCCN1C(=O)C(=Cc2cn(-c3ccccc3)nc2-c2cccc(OCC(C)C)c2C)SC1=S. The molecule has 5 nitrogen and oxygen atoms in total. The van der Waals surface area contributed by atoms with Crippen LogP contribution in [0.5, 0.6) is 5.75 Å². The number of unbranched alkanes of at least 4 members (excludes halogenated alkanes) is 3. The lowest BCUT2D eigenvalue weighted by Crippen LogP contribution is -2.29. The Balaban J connectivity index is 1.71. The molecular weight excluding hydrogens is 498 g/mol. The van der Waals surface area contributed by atoms with Gasteiger partial charge in [-0.25, -0.2) is 4.68 Å². The van der Waals surface area contributed by atoms with Gasteiger partial charge in [0, 0.05) is 29.4 Å². The highest BCUT2D eigenvalue weighted by molar-refractivity contribution is 8.26. The molecule has 1 saturated heterocycles.